The zero-order valence-corrected chi connectivity index (χ0v) is 10.9. The Labute approximate surface area is 100 Å². The van der Waals surface area contributed by atoms with E-state index in [1.54, 1.807) is 0 Å². The molecule has 0 spiro atoms. The number of allylic oxidation sites excluding steroid dienone is 2. The second kappa shape index (κ2) is 8.77. The summed E-state index contributed by atoms with van der Waals surface area (Å²) in [6, 6.07) is 0. The van der Waals surface area contributed by atoms with Gasteiger partial charge in [-0.2, -0.15) is 0 Å². The summed E-state index contributed by atoms with van der Waals surface area (Å²) in [6.07, 6.45) is 9.39. The van der Waals surface area contributed by atoms with Crippen molar-refractivity contribution < 1.29 is 4.74 Å². The Morgan fingerprint density at radius 1 is 1.25 bits per heavy atom. The molecule has 2 unspecified atom stereocenters. The van der Waals surface area contributed by atoms with Crippen LogP contribution in [0.2, 0.25) is 0 Å². The molecule has 1 N–H and O–H groups in total. The molecule has 0 aromatic heterocycles. The van der Waals surface area contributed by atoms with Crippen molar-refractivity contribution in [1.82, 2.24) is 5.32 Å². The Morgan fingerprint density at radius 3 is 2.81 bits per heavy atom. The number of ether oxygens (including phenoxy) is 1. The molecule has 0 aliphatic heterocycles. The van der Waals surface area contributed by atoms with E-state index in [4.69, 9.17) is 4.74 Å². The van der Waals surface area contributed by atoms with Gasteiger partial charge in [0.2, 0.25) is 0 Å². The van der Waals surface area contributed by atoms with Crippen molar-refractivity contribution in [3.05, 3.63) is 12.2 Å². The highest BCUT2D eigenvalue weighted by molar-refractivity contribution is 4.93. The molecule has 1 rings (SSSR count). The fourth-order valence-electron chi connectivity index (χ4n) is 2.07. The first kappa shape index (κ1) is 13.7. The van der Waals surface area contributed by atoms with Crippen LogP contribution in [0.3, 0.4) is 0 Å². The van der Waals surface area contributed by atoms with E-state index in [0.717, 1.165) is 44.6 Å². The van der Waals surface area contributed by atoms with Gasteiger partial charge >= 0.3 is 0 Å². The van der Waals surface area contributed by atoms with Crippen LogP contribution >= 0.6 is 0 Å². The molecule has 0 radical (unpaired) electrons. The molecule has 0 heterocycles. The second-order valence-corrected chi connectivity index (χ2v) is 4.86. The summed E-state index contributed by atoms with van der Waals surface area (Å²) in [4.78, 5) is 0. The van der Waals surface area contributed by atoms with Crippen molar-refractivity contribution in [2.45, 2.75) is 39.5 Å². The fourth-order valence-corrected chi connectivity index (χ4v) is 2.07. The molecular weight excluding hydrogens is 198 g/mol. The van der Waals surface area contributed by atoms with Crippen LogP contribution in [0.5, 0.6) is 0 Å². The van der Waals surface area contributed by atoms with Crippen LogP contribution < -0.4 is 5.32 Å². The van der Waals surface area contributed by atoms with Crippen molar-refractivity contribution in [3.8, 4) is 0 Å². The van der Waals surface area contributed by atoms with Gasteiger partial charge in [-0.15, -0.1) is 0 Å². The monoisotopic (exact) mass is 225 g/mol. The molecule has 0 amide bonds. The van der Waals surface area contributed by atoms with Crippen molar-refractivity contribution in [2.75, 3.05) is 26.3 Å². The van der Waals surface area contributed by atoms with Crippen molar-refractivity contribution >= 4 is 0 Å². The SMILES string of the molecule is CCCNCCCOCC1CC=CCC1C. The summed E-state index contributed by atoms with van der Waals surface area (Å²) in [5.74, 6) is 1.54. The van der Waals surface area contributed by atoms with Gasteiger partial charge in [-0.1, -0.05) is 26.0 Å². The van der Waals surface area contributed by atoms with Gasteiger partial charge in [-0.25, -0.2) is 0 Å². The highest BCUT2D eigenvalue weighted by Gasteiger charge is 2.17. The third-order valence-electron chi connectivity index (χ3n) is 3.32. The first-order chi connectivity index (χ1) is 7.84. The third kappa shape index (κ3) is 5.66. The van der Waals surface area contributed by atoms with E-state index in [-0.39, 0.29) is 0 Å². The lowest BCUT2D eigenvalue weighted by Crippen LogP contribution is -2.21. The predicted molar refractivity (Wildman–Crippen MR) is 69.6 cm³/mol. The molecule has 94 valence electrons. The van der Waals surface area contributed by atoms with Gasteiger partial charge in [0.25, 0.3) is 0 Å². The minimum absolute atomic E-state index is 0.744. The van der Waals surface area contributed by atoms with Crippen LogP contribution in [0.4, 0.5) is 0 Å². The Hall–Kier alpha value is -0.340. The molecule has 0 aromatic rings. The summed E-state index contributed by atoms with van der Waals surface area (Å²) >= 11 is 0. The topological polar surface area (TPSA) is 21.3 Å². The van der Waals surface area contributed by atoms with Gasteiger partial charge in [-0.05, 0) is 50.6 Å². The molecule has 2 heteroatoms. The van der Waals surface area contributed by atoms with E-state index >= 15 is 0 Å². The van der Waals surface area contributed by atoms with Crippen LogP contribution in [-0.2, 0) is 4.74 Å². The summed E-state index contributed by atoms with van der Waals surface area (Å²) in [7, 11) is 0. The molecule has 0 bridgehead atoms. The maximum atomic E-state index is 5.75. The number of hydrogen-bond donors (Lipinski definition) is 1. The maximum absolute atomic E-state index is 5.75. The summed E-state index contributed by atoms with van der Waals surface area (Å²) in [6.45, 7) is 8.60. The van der Waals surface area contributed by atoms with Crippen molar-refractivity contribution in [3.63, 3.8) is 0 Å². The van der Waals surface area contributed by atoms with Gasteiger partial charge < -0.3 is 10.1 Å². The van der Waals surface area contributed by atoms with E-state index in [9.17, 15) is 0 Å². The van der Waals surface area contributed by atoms with E-state index in [2.05, 4.69) is 31.3 Å². The minimum Gasteiger partial charge on any atom is -0.381 e. The van der Waals surface area contributed by atoms with Gasteiger partial charge in [0, 0.05) is 13.2 Å². The predicted octanol–water partition coefficient (Wildman–Crippen LogP) is 3.00. The standard InChI is InChI=1S/C14H27NO/c1-3-9-15-10-6-11-16-12-14-8-5-4-7-13(14)2/h4-5,13-15H,3,6-12H2,1-2H3. The largest absolute Gasteiger partial charge is 0.381 e. The number of rotatable bonds is 8. The Bertz CT molecular complexity index is 191. The molecular formula is C14H27NO. The molecule has 0 saturated carbocycles. The average Bonchev–Trinajstić information content (AvgIpc) is 2.30. The zero-order chi connectivity index (χ0) is 11.6. The minimum atomic E-state index is 0.744. The normalized spacial score (nSPS) is 24.9. The zero-order valence-electron chi connectivity index (χ0n) is 10.9. The summed E-state index contributed by atoms with van der Waals surface area (Å²) in [5, 5.41) is 3.39. The third-order valence-corrected chi connectivity index (χ3v) is 3.32. The molecule has 2 atom stereocenters. The van der Waals surface area contributed by atoms with E-state index in [1.165, 1.54) is 19.3 Å². The Kier molecular flexibility index (Phi) is 7.52. The molecule has 2 nitrogen and oxygen atoms in total. The van der Waals surface area contributed by atoms with Gasteiger partial charge in [0.15, 0.2) is 0 Å². The first-order valence-corrected chi connectivity index (χ1v) is 6.78. The van der Waals surface area contributed by atoms with Crippen LogP contribution in [-0.4, -0.2) is 26.3 Å². The maximum Gasteiger partial charge on any atom is 0.0499 e. The summed E-state index contributed by atoms with van der Waals surface area (Å²) in [5.41, 5.74) is 0. The van der Waals surface area contributed by atoms with Crippen LogP contribution in [0.15, 0.2) is 12.2 Å². The van der Waals surface area contributed by atoms with Gasteiger partial charge in [0.1, 0.15) is 0 Å². The number of hydrogen-bond acceptors (Lipinski definition) is 2. The molecule has 16 heavy (non-hydrogen) atoms. The van der Waals surface area contributed by atoms with Gasteiger partial charge in [0.05, 0.1) is 0 Å². The highest BCUT2D eigenvalue weighted by atomic mass is 16.5. The van der Waals surface area contributed by atoms with Crippen LogP contribution in [0.1, 0.15) is 39.5 Å². The Morgan fingerprint density at radius 2 is 2.06 bits per heavy atom. The quantitative estimate of drug-likeness (QED) is 0.506. The molecule has 1 aliphatic carbocycles. The lowest BCUT2D eigenvalue weighted by Gasteiger charge is -2.24. The molecule has 0 aromatic carbocycles. The molecule has 0 saturated heterocycles. The van der Waals surface area contributed by atoms with E-state index in [0.29, 0.717) is 0 Å². The van der Waals surface area contributed by atoms with E-state index in [1.807, 2.05) is 0 Å². The lowest BCUT2D eigenvalue weighted by atomic mass is 9.85. The molecule has 1 aliphatic rings. The average molecular weight is 225 g/mol. The summed E-state index contributed by atoms with van der Waals surface area (Å²) < 4.78 is 5.75. The van der Waals surface area contributed by atoms with Gasteiger partial charge in [-0.3, -0.25) is 0 Å². The Balaban J connectivity index is 1.92. The smallest absolute Gasteiger partial charge is 0.0499 e. The lowest BCUT2D eigenvalue weighted by molar-refractivity contribution is 0.0777. The first-order valence-electron chi connectivity index (χ1n) is 6.78. The van der Waals surface area contributed by atoms with E-state index < -0.39 is 0 Å². The van der Waals surface area contributed by atoms with Crippen LogP contribution in [0, 0.1) is 11.8 Å². The second-order valence-electron chi connectivity index (χ2n) is 4.86. The highest BCUT2D eigenvalue weighted by Crippen LogP contribution is 2.24. The number of nitrogens with one attached hydrogen (secondary N) is 1. The fraction of sp³-hybridized carbons (Fsp3) is 0.857. The van der Waals surface area contributed by atoms with Crippen LogP contribution in [0.25, 0.3) is 0 Å². The van der Waals surface area contributed by atoms with Crippen molar-refractivity contribution in [1.29, 1.82) is 0 Å². The molecule has 0 fully saturated rings. The van der Waals surface area contributed by atoms with Crippen molar-refractivity contribution in [2.24, 2.45) is 11.8 Å².